The van der Waals surface area contributed by atoms with E-state index in [2.05, 4.69) is 4.98 Å². The van der Waals surface area contributed by atoms with Gasteiger partial charge in [0.05, 0.1) is 11.4 Å². The topological polar surface area (TPSA) is 126 Å². The van der Waals surface area contributed by atoms with Crippen LogP contribution in [0.5, 0.6) is 11.5 Å². The summed E-state index contributed by atoms with van der Waals surface area (Å²) >= 11 is -1.37. The quantitative estimate of drug-likeness (QED) is 0.722. The summed E-state index contributed by atoms with van der Waals surface area (Å²) in [5, 5.41) is 0. The van der Waals surface area contributed by atoms with Crippen LogP contribution in [-0.2, 0) is 26.0 Å². The number of ether oxygens (including phenoxy) is 1. The number of pyridine rings is 1. The van der Waals surface area contributed by atoms with Crippen LogP contribution >= 0.6 is 0 Å². The van der Waals surface area contributed by atoms with Crippen molar-refractivity contribution in [3.63, 3.8) is 0 Å². The highest BCUT2D eigenvalue weighted by Gasteiger charge is 2.54. The molecule has 0 saturated carbocycles. The molecule has 2 N–H and O–H groups in total. The van der Waals surface area contributed by atoms with Crippen molar-refractivity contribution in [2.75, 3.05) is 12.3 Å². The predicted octanol–water partition coefficient (Wildman–Crippen LogP) is 1.26. The molecule has 1 aromatic heterocycles. The van der Waals surface area contributed by atoms with Gasteiger partial charge >= 0.3 is 0 Å². The Balaban J connectivity index is 1.88. The molecule has 1 aromatic carbocycles. The Labute approximate surface area is 166 Å². The van der Waals surface area contributed by atoms with Crippen LogP contribution < -0.4 is 10.5 Å². The van der Waals surface area contributed by atoms with Gasteiger partial charge in [0.25, 0.3) is 0 Å². The third-order valence-corrected chi connectivity index (χ3v) is 8.44. The minimum atomic E-state index is -4.01. The summed E-state index contributed by atoms with van der Waals surface area (Å²) in [5.41, 5.74) is 5.48. The number of nitrogens with two attached hydrogens (primary N) is 1. The van der Waals surface area contributed by atoms with Crippen LogP contribution in [0.3, 0.4) is 0 Å². The fraction of sp³-hybridized carbons (Fsp3) is 0.333. The molecule has 28 heavy (non-hydrogen) atoms. The molecular weight excluding hydrogens is 402 g/mol. The largest absolute Gasteiger partial charge is 0.616 e. The van der Waals surface area contributed by atoms with Crippen molar-refractivity contribution in [3.8, 4) is 11.5 Å². The monoisotopic (exact) mass is 423 g/mol. The normalized spacial score (nSPS) is 22.5. The summed E-state index contributed by atoms with van der Waals surface area (Å²) in [6.07, 6.45) is 3.17. The van der Waals surface area contributed by atoms with E-state index in [1.165, 1.54) is 24.3 Å². The maximum atomic E-state index is 13.1. The van der Waals surface area contributed by atoms with Gasteiger partial charge in [0.2, 0.25) is 15.9 Å². The molecule has 0 unspecified atom stereocenters. The molecule has 0 radical (unpaired) electrons. The van der Waals surface area contributed by atoms with Crippen LogP contribution in [0.15, 0.2) is 53.7 Å². The van der Waals surface area contributed by atoms with E-state index >= 15 is 0 Å². The minimum absolute atomic E-state index is 0.00399. The van der Waals surface area contributed by atoms with Gasteiger partial charge in [-0.15, -0.1) is 0 Å². The number of hydrogen-bond acceptors (Lipinski definition) is 6. The number of amides is 1. The Hall–Kier alpha value is -2.14. The predicted molar refractivity (Wildman–Crippen MR) is 105 cm³/mol. The van der Waals surface area contributed by atoms with E-state index in [-0.39, 0.29) is 17.2 Å². The molecule has 1 amide bonds. The summed E-state index contributed by atoms with van der Waals surface area (Å²) in [4.78, 5) is 15.9. The zero-order chi connectivity index (χ0) is 20.5. The lowest BCUT2D eigenvalue weighted by atomic mass is 10.0. The molecule has 2 aromatic rings. The molecule has 0 aliphatic carbocycles. The Morgan fingerprint density at radius 3 is 2.36 bits per heavy atom. The van der Waals surface area contributed by atoms with E-state index in [1.54, 1.807) is 38.4 Å². The molecule has 10 heteroatoms. The Morgan fingerprint density at radius 1 is 1.21 bits per heavy atom. The van der Waals surface area contributed by atoms with Crippen molar-refractivity contribution in [2.24, 2.45) is 5.73 Å². The number of rotatable bonds is 5. The maximum Gasteiger partial charge on any atom is 0.244 e. The molecule has 3 rings (SSSR count). The standard InChI is InChI=1S/C18H21N3O5S2/c1-18(2)16(17(19)22)21(11-12-27(18)23)28(24,25)15-5-3-13(4-6-15)26-14-7-9-20-10-8-14/h3-10,16H,11-12H2,1-2H3,(H2,19,22)/t16-,27+/m0/s1. The Morgan fingerprint density at radius 2 is 1.79 bits per heavy atom. The molecule has 1 saturated heterocycles. The van der Waals surface area contributed by atoms with E-state index < -0.39 is 37.9 Å². The molecule has 150 valence electrons. The molecule has 2 atom stereocenters. The maximum absolute atomic E-state index is 13.1. The molecule has 1 aliphatic rings. The SMILES string of the molecule is CC1(C)[C@H](C(N)=O)N(S(=O)(=O)c2ccc(Oc3ccncc3)cc2)CC[S@@+]1[O-]. The van der Waals surface area contributed by atoms with Gasteiger partial charge in [0.15, 0.2) is 6.04 Å². The van der Waals surface area contributed by atoms with Gasteiger partial charge in [0, 0.05) is 12.4 Å². The molecular formula is C18H21N3O5S2. The van der Waals surface area contributed by atoms with Crippen molar-refractivity contribution in [2.45, 2.75) is 29.5 Å². The molecule has 2 heterocycles. The number of aromatic nitrogens is 1. The van der Waals surface area contributed by atoms with Gasteiger partial charge in [-0.3, -0.25) is 9.78 Å². The highest BCUT2D eigenvalue weighted by molar-refractivity contribution is 7.93. The van der Waals surface area contributed by atoms with Gasteiger partial charge < -0.3 is 15.0 Å². The van der Waals surface area contributed by atoms with E-state index in [4.69, 9.17) is 10.5 Å². The van der Waals surface area contributed by atoms with Crippen molar-refractivity contribution < 1.29 is 22.5 Å². The number of nitrogens with zero attached hydrogens (tertiary/aromatic N) is 2. The van der Waals surface area contributed by atoms with Gasteiger partial charge in [-0.2, -0.15) is 4.31 Å². The van der Waals surface area contributed by atoms with Gasteiger partial charge in [-0.05, 0) is 61.4 Å². The number of hydrogen-bond donors (Lipinski definition) is 1. The molecule has 8 nitrogen and oxygen atoms in total. The lowest BCUT2D eigenvalue weighted by molar-refractivity contribution is -0.122. The number of primary amides is 1. The van der Waals surface area contributed by atoms with E-state index in [0.717, 1.165) is 4.31 Å². The Bertz CT molecular complexity index is 949. The number of carbonyl (C=O) groups is 1. The smallest absolute Gasteiger partial charge is 0.244 e. The molecule has 1 fully saturated rings. The second-order valence-corrected chi connectivity index (χ2v) is 10.9. The first-order valence-corrected chi connectivity index (χ1v) is 11.3. The van der Waals surface area contributed by atoms with Crippen LogP contribution in [0.2, 0.25) is 0 Å². The highest BCUT2D eigenvalue weighted by atomic mass is 32.2. The summed E-state index contributed by atoms with van der Waals surface area (Å²) in [6, 6.07) is 8.03. The molecule has 0 spiro atoms. The third kappa shape index (κ3) is 3.86. The Kier molecular flexibility index (Phi) is 5.67. The van der Waals surface area contributed by atoms with E-state index in [1.807, 2.05) is 0 Å². The second-order valence-electron chi connectivity index (χ2n) is 6.83. The first kappa shape index (κ1) is 20.6. The van der Waals surface area contributed by atoms with Crippen molar-refractivity contribution >= 4 is 27.1 Å². The highest BCUT2D eigenvalue weighted by Crippen LogP contribution is 2.34. The van der Waals surface area contributed by atoms with Crippen molar-refractivity contribution in [3.05, 3.63) is 48.8 Å². The van der Waals surface area contributed by atoms with Crippen molar-refractivity contribution in [1.29, 1.82) is 0 Å². The molecule has 0 bridgehead atoms. The lowest BCUT2D eigenvalue weighted by Crippen LogP contribution is -2.66. The van der Waals surface area contributed by atoms with E-state index in [0.29, 0.717) is 11.5 Å². The minimum Gasteiger partial charge on any atom is -0.616 e. The summed E-state index contributed by atoms with van der Waals surface area (Å²) < 4.78 is 44.2. The van der Waals surface area contributed by atoms with Gasteiger partial charge in [0.1, 0.15) is 22.0 Å². The van der Waals surface area contributed by atoms with Crippen LogP contribution in [-0.4, -0.2) is 51.3 Å². The van der Waals surface area contributed by atoms with E-state index in [9.17, 15) is 17.8 Å². The lowest BCUT2D eigenvalue weighted by Gasteiger charge is -2.43. The first-order valence-electron chi connectivity index (χ1n) is 8.51. The van der Waals surface area contributed by atoms with Gasteiger partial charge in [-0.1, -0.05) is 0 Å². The fourth-order valence-corrected chi connectivity index (χ4v) is 6.43. The zero-order valence-corrected chi connectivity index (χ0v) is 17.1. The van der Waals surface area contributed by atoms with Crippen LogP contribution in [0, 0.1) is 0 Å². The third-order valence-electron chi connectivity index (χ3n) is 4.62. The summed E-state index contributed by atoms with van der Waals surface area (Å²) in [7, 11) is -4.01. The van der Waals surface area contributed by atoms with Crippen molar-refractivity contribution in [1.82, 2.24) is 9.29 Å². The second kappa shape index (κ2) is 7.70. The van der Waals surface area contributed by atoms with Crippen LogP contribution in [0.4, 0.5) is 0 Å². The number of carbonyl (C=O) groups excluding carboxylic acids is 1. The average Bonchev–Trinajstić information content (AvgIpc) is 2.64. The van der Waals surface area contributed by atoms with Crippen LogP contribution in [0.1, 0.15) is 13.8 Å². The van der Waals surface area contributed by atoms with Gasteiger partial charge in [-0.25, -0.2) is 8.42 Å². The average molecular weight is 424 g/mol. The molecule has 1 aliphatic heterocycles. The summed E-state index contributed by atoms with van der Waals surface area (Å²) in [6.45, 7) is 3.14. The van der Waals surface area contributed by atoms with Crippen LogP contribution in [0.25, 0.3) is 0 Å². The summed E-state index contributed by atoms with van der Waals surface area (Å²) in [5.74, 6) is 0.342. The zero-order valence-electron chi connectivity index (χ0n) is 15.4. The number of sulfonamides is 1. The number of benzene rings is 1. The first-order chi connectivity index (χ1) is 13.1. The fourth-order valence-electron chi connectivity index (χ4n) is 3.14.